The number of hydrogen-bond donors (Lipinski definition) is 2. The average molecular weight is 340 g/mol. The number of para-hydroxylation sites is 1. The highest BCUT2D eigenvalue weighted by atomic mass is 19.4. The van der Waals surface area contributed by atoms with Crippen LogP contribution < -0.4 is 15.6 Å². The number of rotatable bonds is 5. The van der Waals surface area contributed by atoms with Crippen molar-refractivity contribution in [2.45, 2.75) is 12.6 Å². The van der Waals surface area contributed by atoms with Crippen molar-refractivity contribution in [1.82, 2.24) is 10.3 Å². The minimum absolute atomic E-state index is 0.208. The van der Waals surface area contributed by atoms with Gasteiger partial charge in [0.2, 0.25) is 0 Å². The van der Waals surface area contributed by atoms with Gasteiger partial charge in [0.15, 0.2) is 0 Å². The predicted octanol–water partition coefficient (Wildman–Crippen LogP) is 2.37. The van der Waals surface area contributed by atoms with Gasteiger partial charge in [-0.3, -0.25) is 9.59 Å². The van der Waals surface area contributed by atoms with Gasteiger partial charge in [0.25, 0.3) is 11.5 Å². The molecule has 0 aliphatic heterocycles. The molecule has 0 unspecified atom stereocenters. The van der Waals surface area contributed by atoms with Crippen molar-refractivity contribution in [1.29, 1.82) is 0 Å². The normalized spacial score (nSPS) is 11.2. The van der Waals surface area contributed by atoms with E-state index in [2.05, 4.69) is 5.32 Å². The van der Waals surface area contributed by atoms with Crippen molar-refractivity contribution in [3.05, 3.63) is 63.6 Å². The zero-order valence-electron chi connectivity index (χ0n) is 12.7. The van der Waals surface area contributed by atoms with Crippen molar-refractivity contribution < 1.29 is 22.7 Å². The highest BCUT2D eigenvalue weighted by Gasteiger charge is 2.32. The Balaban J connectivity index is 2.02. The van der Waals surface area contributed by atoms with Crippen LogP contribution in [-0.4, -0.2) is 24.5 Å². The number of benzene rings is 1. The second-order valence-electron chi connectivity index (χ2n) is 4.93. The Bertz CT molecular complexity index is 785. The van der Waals surface area contributed by atoms with Crippen LogP contribution in [0.4, 0.5) is 13.2 Å². The van der Waals surface area contributed by atoms with Crippen LogP contribution in [0.2, 0.25) is 0 Å². The van der Waals surface area contributed by atoms with E-state index in [1.54, 1.807) is 11.1 Å². The standard InChI is InChI=1S/C16H15F3N2O3/c1-24-12-5-3-2-4-10(12)8-9-20-14(22)11-6-7-13(16(17,18)19)21-15(11)23/h2-7H,8-9H2,1H3,(H,20,22)(H,21,23). The SMILES string of the molecule is COc1ccccc1CCNC(=O)c1ccc(C(F)(F)F)[nH]c1=O. The number of carbonyl (C=O) groups is 1. The fraction of sp³-hybridized carbons (Fsp3) is 0.250. The van der Waals surface area contributed by atoms with Crippen molar-refractivity contribution in [2.24, 2.45) is 0 Å². The second-order valence-corrected chi connectivity index (χ2v) is 4.93. The van der Waals surface area contributed by atoms with Gasteiger partial charge in [-0.25, -0.2) is 0 Å². The smallest absolute Gasteiger partial charge is 0.431 e. The molecule has 1 aromatic carbocycles. The lowest BCUT2D eigenvalue weighted by atomic mass is 10.1. The summed E-state index contributed by atoms with van der Waals surface area (Å²) in [6.45, 7) is 0.208. The first-order valence-corrected chi connectivity index (χ1v) is 7.03. The number of hydrogen-bond acceptors (Lipinski definition) is 3. The van der Waals surface area contributed by atoms with Crippen LogP contribution in [0.1, 0.15) is 21.6 Å². The minimum atomic E-state index is -4.67. The van der Waals surface area contributed by atoms with Crippen molar-refractivity contribution in [2.75, 3.05) is 13.7 Å². The molecule has 8 heteroatoms. The van der Waals surface area contributed by atoms with E-state index in [1.807, 2.05) is 18.2 Å². The molecule has 2 rings (SSSR count). The molecule has 128 valence electrons. The van der Waals surface area contributed by atoms with E-state index in [4.69, 9.17) is 4.74 Å². The van der Waals surface area contributed by atoms with Gasteiger partial charge in [0, 0.05) is 6.54 Å². The number of aromatic nitrogens is 1. The van der Waals surface area contributed by atoms with E-state index >= 15 is 0 Å². The maximum atomic E-state index is 12.5. The maximum absolute atomic E-state index is 12.5. The number of amides is 1. The van der Waals surface area contributed by atoms with Gasteiger partial charge in [0.1, 0.15) is 17.0 Å². The summed E-state index contributed by atoms with van der Waals surface area (Å²) in [6, 6.07) is 8.76. The molecule has 0 saturated heterocycles. The van der Waals surface area contributed by atoms with E-state index in [0.717, 1.165) is 11.6 Å². The molecule has 0 bridgehead atoms. The number of halogens is 3. The number of carbonyl (C=O) groups excluding carboxylic acids is 1. The predicted molar refractivity (Wildman–Crippen MR) is 81.1 cm³/mol. The van der Waals surface area contributed by atoms with E-state index < -0.39 is 23.3 Å². The molecule has 1 aromatic heterocycles. The van der Waals surface area contributed by atoms with Crippen LogP contribution in [0.5, 0.6) is 5.75 Å². The Kier molecular flexibility index (Phi) is 5.28. The van der Waals surface area contributed by atoms with Gasteiger partial charge in [-0.15, -0.1) is 0 Å². The van der Waals surface area contributed by atoms with E-state index in [9.17, 15) is 22.8 Å². The quantitative estimate of drug-likeness (QED) is 0.878. The van der Waals surface area contributed by atoms with Crippen molar-refractivity contribution in [3.8, 4) is 5.75 Å². The molecule has 0 radical (unpaired) electrons. The lowest BCUT2D eigenvalue weighted by Gasteiger charge is -2.10. The average Bonchev–Trinajstić information content (AvgIpc) is 2.54. The minimum Gasteiger partial charge on any atom is -0.496 e. The largest absolute Gasteiger partial charge is 0.496 e. The second kappa shape index (κ2) is 7.20. The van der Waals surface area contributed by atoms with Gasteiger partial charge in [-0.2, -0.15) is 13.2 Å². The Labute approximate surface area is 135 Å². The van der Waals surface area contributed by atoms with Crippen molar-refractivity contribution in [3.63, 3.8) is 0 Å². The zero-order chi connectivity index (χ0) is 17.7. The molecule has 0 aliphatic rings. The summed E-state index contributed by atoms with van der Waals surface area (Å²) in [6.07, 6.45) is -4.22. The third kappa shape index (κ3) is 4.15. The fourth-order valence-corrected chi connectivity index (χ4v) is 2.13. The summed E-state index contributed by atoms with van der Waals surface area (Å²) >= 11 is 0. The summed E-state index contributed by atoms with van der Waals surface area (Å²) in [5, 5.41) is 2.50. The zero-order valence-corrected chi connectivity index (χ0v) is 12.7. The number of aromatic amines is 1. The fourth-order valence-electron chi connectivity index (χ4n) is 2.13. The first-order valence-electron chi connectivity index (χ1n) is 7.03. The summed E-state index contributed by atoms with van der Waals surface area (Å²) in [4.78, 5) is 25.2. The van der Waals surface area contributed by atoms with Gasteiger partial charge in [0.05, 0.1) is 7.11 Å². The molecular weight excluding hydrogens is 325 g/mol. The lowest BCUT2D eigenvalue weighted by Crippen LogP contribution is -2.32. The molecule has 0 atom stereocenters. The van der Waals surface area contributed by atoms with Crippen LogP contribution >= 0.6 is 0 Å². The number of ether oxygens (including phenoxy) is 1. The molecular formula is C16H15F3N2O3. The summed E-state index contributed by atoms with van der Waals surface area (Å²) in [5.41, 5.74) is -1.79. The van der Waals surface area contributed by atoms with Gasteiger partial charge in [-0.1, -0.05) is 18.2 Å². The summed E-state index contributed by atoms with van der Waals surface area (Å²) < 4.78 is 42.6. The third-order valence-corrected chi connectivity index (χ3v) is 3.33. The molecule has 2 N–H and O–H groups in total. The maximum Gasteiger partial charge on any atom is 0.431 e. The Morgan fingerprint density at radius 3 is 2.54 bits per heavy atom. The lowest BCUT2D eigenvalue weighted by molar-refractivity contribution is -0.141. The monoisotopic (exact) mass is 340 g/mol. The molecule has 2 aromatic rings. The Morgan fingerprint density at radius 1 is 1.21 bits per heavy atom. The number of H-pyrrole nitrogens is 1. The molecule has 0 saturated carbocycles. The van der Waals surface area contributed by atoms with Gasteiger partial charge < -0.3 is 15.0 Å². The first kappa shape index (κ1) is 17.6. The highest BCUT2D eigenvalue weighted by molar-refractivity contribution is 5.93. The molecule has 0 fully saturated rings. The van der Waals surface area contributed by atoms with Crippen molar-refractivity contribution >= 4 is 5.91 Å². The van der Waals surface area contributed by atoms with Gasteiger partial charge >= 0.3 is 6.18 Å². The van der Waals surface area contributed by atoms with Crippen LogP contribution in [0.3, 0.4) is 0 Å². The Hall–Kier alpha value is -2.77. The molecule has 1 amide bonds. The molecule has 24 heavy (non-hydrogen) atoms. The molecule has 0 aliphatic carbocycles. The van der Waals surface area contributed by atoms with Crippen LogP contribution in [0.15, 0.2) is 41.2 Å². The molecule has 5 nitrogen and oxygen atoms in total. The van der Waals surface area contributed by atoms with Crippen LogP contribution in [0.25, 0.3) is 0 Å². The van der Waals surface area contributed by atoms with E-state index in [0.29, 0.717) is 18.2 Å². The topological polar surface area (TPSA) is 71.2 Å². The van der Waals surface area contributed by atoms with Gasteiger partial charge in [-0.05, 0) is 30.2 Å². The summed E-state index contributed by atoms with van der Waals surface area (Å²) in [5.74, 6) is -0.0704. The van der Waals surface area contributed by atoms with Crippen LogP contribution in [0, 0.1) is 0 Å². The van der Waals surface area contributed by atoms with E-state index in [1.165, 1.54) is 7.11 Å². The summed E-state index contributed by atoms with van der Waals surface area (Å²) in [7, 11) is 1.53. The van der Waals surface area contributed by atoms with E-state index in [-0.39, 0.29) is 12.1 Å². The molecule has 1 heterocycles. The number of pyridine rings is 1. The number of methoxy groups -OCH3 is 1. The third-order valence-electron chi connectivity index (χ3n) is 3.33. The first-order chi connectivity index (χ1) is 11.3. The molecule has 0 spiro atoms. The number of alkyl halides is 3. The highest BCUT2D eigenvalue weighted by Crippen LogP contribution is 2.26. The Morgan fingerprint density at radius 2 is 1.92 bits per heavy atom. The number of nitrogens with one attached hydrogen (secondary N) is 2. The van der Waals surface area contributed by atoms with Crippen LogP contribution in [-0.2, 0) is 12.6 Å².